The second-order valence-electron chi connectivity index (χ2n) is 9.39. The summed E-state index contributed by atoms with van der Waals surface area (Å²) < 4.78 is 128. The van der Waals surface area contributed by atoms with E-state index in [1.165, 1.54) is 24.3 Å². The number of halogens is 9. The predicted octanol–water partition coefficient (Wildman–Crippen LogP) is 9.33. The van der Waals surface area contributed by atoms with Gasteiger partial charge in [0.2, 0.25) is 0 Å². The molecule has 0 aliphatic rings. The molecule has 0 saturated heterocycles. The summed E-state index contributed by atoms with van der Waals surface area (Å²) in [5, 5.41) is 6.08. The minimum Gasteiger partial charge on any atom is -0.277 e. The van der Waals surface area contributed by atoms with Crippen LogP contribution in [0.15, 0.2) is 84.9 Å². The van der Waals surface area contributed by atoms with Crippen molar-refractivity contribution in [1.82, 2.24) is 10.2 Å². The molecule has 1 aromatic heterocycles. The van der Waals surface area contributed by atoms with Crippen LogP contribution in [-0.2, 0) is 31.1 Å². The Kier molecular flexibility index (Phi) is 7.08. The number of alkyl halides is 8. The lowest BCUT2D eigenvalue weighted by atomic mass is 9.92. The van der Waals surface area contributed by atoms with Crippen LogP contribution >= 0.6 is 0 Å². The maximum atomic E-state index is 15.3. The van der Waals surface area contributed by atoms with E-state index >= 15 is 8.78 Å². The van der Waals surface area contributed by atoms with Crippen LogP contribution in [0.2, 0.25) is 0 Å². The number of hydrogen-bond donors (Lipinski definition) is 1. The molecule has 212 valence electrons. The number of hydrogen-bond acceptors (Lipinski definition) is 1. The van der Waals surface area contributed by atoms with E-state index in [1.54, 1.807) is 18.2 Å². The fraction of sp³-hybridized carbons (Fsp3) is 0.167. The Morgan fingerprint density at radius 2 is 1.32 bits per heavy atom. The fourth-order valence-electron chi connectivity index (χ4n) is 4.89. The smallest absolute Gasteiger partial charge is 0.277 e. The van der Waals surface area contributed by atoms with Crippen molar-refractivity contribution in [3.8, 4) is 11.3 Å². The molecule has 0 aliphatic heterocycles. The Morgan fingerprint density at radius 3 is 2.00 bits per heavy atom. The van der Waals surface area contributed by atoms with E-state index in [9.17, 15) is 30.7 Å². The molecule has 1 heterocycles. The third-order valence-electron chi connectivity index (χ3n) is 6.78. The standard InChI is InChI=1S/C30H19F9N2/c31-24-11-4-3-10-22(24)28(32,33)23-15-14-20-26(40-41-27(20)25(23)30(37,38)39)19-8-5-6-17(16-19)12-13-18-7-1-2-9-21(18)29(34,35)36/h1-11,14-16H,12-13H2,(H,40,41). The number of aromatic amines is 1. The van der Waals surface area contributed by atoms with Crippen LogP contribution in [0.4, 0.5) is 39.5 Å². The predicted molar refractivity (Wildman–Crippen MR) is 135 cm³/mol. The Labute approximate surface area is 227 Å². The van der Waals surface area contributed by atoms with E-state index in [1.807, 2.05) is 0 Å². The summed E-state index contributed by atoms with van der Waals surface area (Å²) in [6.07, 6.45) is -9.53. The topological polar surface area (TPSA) is 28.7 Å². The Hall–Kier alpha value is -4.28. The number of fused-ring (bicyclic) bond motifs is 1. The number of benzene rings is 4. The van der Waals surface area contributed by atoms with E-state index in [4.69, 9.17) is 0 Å². The molecule has 0 spiro atoms. The molecule has 4 aromatic carbocycles. The van der Waals surface area contributed by atoms with Gasteiger partial charge in [0, 0.05) is 16.5 Å². The molecule has 0 unspecified atom stereocenters. The van der Waals surface area contributed by atoms with Gasteiger partial charge in [0.25, 0.3) is 0 Å². The molecule has 0 aliphatic carbocycles. The lowest BCUT2D eigenvalue weighted by molar-refractivity contribution is -0.140. The molecule has 0 fully saturated rings. The average molecular weight is 578 g/mol. The van der Waals surface area contributed by atoms with Gasteiger partial charge in [0.05, 0.1) is 27.9 Å². The number of nitrogens with one attached hydrogen (secondary N) is 1. The third-order valence-corrected chi connectivity index (χ3v) is 6.78. The fourth-order valence-corrected chi connectivity index (χ4v) is 4.89. The van der Waals surface area contributed by atoms with E-state index in [0.717, 1.165) is 36.4 Å². The molecule has 5 aromatic rings. The molecule has 0 radical (unpaired) electrons. The van der Waals surface area contributed by atoms with Crippen LogP contribution in [0.1, 0.15) is 33.4 Å². The van der Waals surface area contributed by atoms with E-state index < -0.39 is 51.9 Å². The van der Waals surface area contributed by atoms with Crippen molar-refractivity contribution < 1.29 is 39.5 Å². The lowest BCUT2D eigenvalue weighted by Gasteiger charge is -2.22. The van der Waals surface area contributed by atoms with Gasteiger partial charge in [0.1, 0.15) is 5.82 Å². The van der Waals surface area contributed by atoms with Gasteiger partial charge in [-0.3, -0.25) is 5.10 Å². The third kappa shape index (κ3) is 5.40. The van der Waals surface area contributed by atoms with Crippen molar-refractivity contribution in [2.45, 2.75) is 31.1 Å². The molecule has 0 atom stereocenters. The number of H-pyrrole nitrogens is 1. The molecular formula is C30H19F9N2. The highest BCUT2D eigenvalue weighted by atomic mass is 19.4. The zero-order valence-corrected chi connectivity index (χ0v) is 20.8. The molecule has 2 nitrogen and oxygen atoms in total. The van der Waals surface area contributed by atoms with E-state index in [-0.39, 0.29) is 29.5 Å². The van der Waals surface area contributed by atoms with E-state index in [0.29, 0.717) is 17.2 Å². The highest BCUT2D eigenvalue weighted by Gasteiger charge is 2.47. The lowest BCUT2D eigenvalue weighted by Crippen LogP contribution is -2.23. The van der Waals surface area contributed by atoms with Crippen LogP contribution in [0, 0.1) is 5.82 Å². The molecule has 11 heteroatoms. The minimum absolute atomic E-state index is 0.0313. The van der Waals surface area contributed by atoms with Crippen molar-refractivity contribution in [2.75, 3.05) is 0 Å². The number of nitrogens with zero attached hydrogens (tertiary/aromatic N) is 1. The largest absolute Gasteiger partial charge is 0.418 e. The maximum Gasteiger partial charge on any atom is 0.418 e. The normalized spacial score (nSPS) is 12.7. The monoisotopic (exact) mass is 578 g/mol. The first kappa shape index (κ1) is 28.3. The minimum atomic E-state index is -5.25. The van der Waals surface area contributed by atoms with Crippen LogP contribution in [0.3, 0.4) is 0 Å². The highest BCUT2D eigenvalue weighted by Crippen LogP contribution is 2.47. The quantitative estimate of drug-likeness (QED) is 0.200. The van der Waals surface area contributed by atoms with Crippen LogP contribution in [-0.4, -0.2) is 10.2 Å². The van der Waals surface area contributed by atoms with Gasteiger partial charge < -0.3 is 0 Å². The summed E-state index contributed by atoms with van der Waals surface area (Å²) in [6.45, 7) is 0. The second kappa shape index (κ2) is 10.3. The molecular weight excluding hydrogens is 559 g/mol. The van der Waals surface area contributed by atoms with Crippen molar-refractivity contribution >= 4 is 10.9 Å². The summed E-state index contributed by atoms with van der Waals surface area (Å²) in [4.78, 5) is 0. The van der Waals surface area contributed by atoms with Gasteiger partial charge >= 0.3 is 18.3 Å². The van der Waals surface area contributed by atoms with Gasteiger partial charge in [-0.1, -0.05) is 60.7 Å². The Balaban J connectivity index is 1.54. The highest BCUT2D eigenvalue weighted by molar-refractivity contribution is 5.95. The molecule has 1 N–H and O–H groups in total. The van der Waals surface area contributed by atoms with Gasteiger partial charge in [-0.25, -0.2) is 4.39 Å². The number of rotatable bonds is 6. The van der Waals surface area contributed by atoms with Gasteiger partial charge in [-0.2, -0.15) is 40.2 Å². The summed E-state index contributed by atoms with van der Waals surface area (Å²) in [7, 11) is 0. The molecule has 41 heavy (non-hydrogen) atoms. The molecule has 5 rings (SSSR count). The maximum absolute atomic E-state index is 15.3. The van der Waals surface area contributed by atoms with Gasteiger partial charge in [-0.05, 0) is 48.2 Å². The second-order valence-corrected chi connectivity index (χ2v) is 9.39. The summed E-state index contributed by atoms with van der Waals surface area (Å²) in [6, 6.07) is 16.9. The average Bonchev–Trinajstić information content (AvgIpc) is 3.35. The van der Waals surface area contributed by atoms with Crippen molar-refractivity contribution in [1.29, 1.82) is 0 Å². The Bertz CT molecular complexity index is 1720. The molecule has 0 bridgehead atoms. The van der Waals surface area contributed by atoms with Crippen molar-refractivity contribution in [3.05, 3.63) is 124 Å². The Morgan fingerprint density at radius 1 is 0.634 bits per heavy atom. The summed E-state index contributed by atoms with van der Waals surface area (Å²) in [5.74, 6) is -5.67. The SMILES string of the molecule is Fc1ccccc1C(F)(F)c1ccc2c(-c3cccc(CCc4ccccc4C(F)(F)F)c3)n[nH]c2c1C(F)(F)F. The van der Waals surface area contributed by atoms with Crippen molar-refractivity contribution in [2.24, 2.45) is 0 Å². The summed E-state index contributed by atoms with van der Waals surface area (Å²) in [5.41, 5.74) is -4.73. The zero-order valence-electron chi connectivity index (χ0n) is 20.8. The molecule has 0 saturated carbocycles. The first-order valence-electron chi connectivity index (χ1n) is 12.2. The van der Waals surface area contributed by atoms with Crippen LogP contribution < -0.4 is 0 Å². The number of aromatic nitrogens is 2. The first-order valence-corrected chi connectivity index (χ1v) is 12.2. The van der Waals surface area contributed by atoms with Gasteiger partial charge in [0.15, 0.2) is 0 Å². The first-order chi connectivity index (χ1) is 19.3. The van der Waals surface area contributed by atoms with Crippen LogP contribution in [0.25, 0.3) is 22.2 Å². The van der Waals surface area contributed by atoms with E-state index in [2.05, 4.69) is 10.2 Å². The van der Waals surface area contributed by atoms with Crippen LogP contribution in [0.5, 0.6) is 0 Å². The number of aryl methyl sites for hydroxylation is 2. The molecule has 0 amide bonds. The zero-order chi connectivity index (χ0) is 29.6. The van der Waals surface area contributed by atoms with Gasteiger partial charge in [-0.15, -0.1) is 0 Å². The summed E-state index contributed by atoms with van der Waals surface area (Å²) >= 11 is 0. The van der Waals surface area contributed by atoms with Crippen molar-refractivity contribution in [3.63, 3.8) is 0 Å².